The number of anilines is 2. The number of amides is 1. The number of carbonyl (C=O) groups excluding carboxylic acids is 1. The normalized spacial score (nSPS) is 15.9. The fourth-order valence-corrected chi connectivity index (χ4v) is 4.46. The Bertz CT molecular complexity index is 1300. The van der Waals surface area contributed by atoms with Crippen molar-refractivity contribution in [2.75, 3.05) is 43.1 Å². The van der Waals surface area contributed by atoms with Gasteiger partial charge in [-0.15, -0.1) is 0 Å². The summed E-state index contributed by atoms with van der Waals surface area (Å²) in [5.41, 5.74) is 4.27. The number of aromatic nitrogens is 1. The van der Waals surface area contributed by atoms with Crippen molar-refractivity contribution in [2.24, 2.45) is 0 Å². The summed E-state index contributed by atoms with van der Waals surface area (Å²) in [5, 5.41) is 3.03. The van der Waals surface area contributed by atoms with Crippen molar-refractivity contribution >= 4 is 17.4 Å². The Kier molecular flexibility index (Phi) is 6.93. The second-order valence-corrected chi connectivity index (χ2v) is 9.75. The molecule has 2 aliphatic heterocycles. The van der Waals surface area contributed by atoms with Crippen molar-refractivity contribution in [3.63, 3.8) is 0 Å². The third-order valence-corrected chi connectivity index (χ3v) is 6.30. The van der Waals surface area contributed by atoms with Crippen LogP contribution in [0.25, 0.3) is 11.1 Å². The topological polar surface area (TPSA) is 82.2 Å². The maximum atomic E-state index is 13.1. The summed E-state index contributed by atoms with van der Waals surface area (Å²) in [7, 11) is 0. The first-order valence-corrected chi connectivity index (χ1v) is 12.7. The molecule has 1 N–H and O–H groups in total. The van der Waals surface area contributed by atoms with Crippen molar-refractivity contribution in [1.82, 2.24) is 4.98 Å². The molecule has 0 atom stereocenters. The Morgan fingerprint density at radius 2 is 1.84 bits per heavy atom. The first-order chi connectivity index (χ1) is 17.8. The summed E-state index contributed by atoms with van der Waals surface area (Å²) in [4.78, 5) is 20.1. The van der Waals surface area contributed by atoms with Gasteiger partial charge in [-0.1, -0.05) is 13.0 Å². The van der Waals surface area contributed by atoms with Crippen LogP contribution in [0.5, 0.6) is 17.4 Å². The zero-order valence-electron chi connectivity index (χ0n) is 21.8. The van der Waals surface area contributed by atoms with E-state index in [9.17, 15) is 4.79 Å². The third-order valence-electron chi connectivity index (χ3n) is 6.30. The van der Waals surface area contributed by atoms with Gasteiger partial charge in [-0.05, 0) is 66.4 Å². The maximum absolute atomic E-state index is 13.1. The highest BCUT2D eigenvalue weighted by molar-refractivity contribution is 6.05. The molecule has 3 heterocycles. The summed E-state index contributed by atoms with van der Waals surface area (Å²) >= 11 is 0. The Balaban J connectivity index is 1.42. The molecule has 37 heavy (non-hydrogen) atoms. The van der Waals surface area contributed by atoms with Gasteiger partial charge in [0.25, 0.3) is 5.91 Å². The van der Waals surface area contributed by atoms with Crippen LogP contribution in [0, 0.1) is 6.92 Å². The minimum absolute atomic E-state index is 0.221. The van der Waals surface area contributed by atoms with E-state index in [4.69, 9.17) is 23.9 Å². The molecule has 0 spiro atoms. The number of carbonyl (C=O) groups is 1. The molecular weight excluding hydrogens is 470 g/mol. The summed E-state index contributed by atoms with van der Waals surface area (Å²) in [6.07, 6.45) is 0.899. The number of nitrogens with one attached hydrogen (secondary N) is 1. The minimum Gasteiger partial charge on any atom is -0.478 e. The molecule has 8 heteroatoms. The molecule has 2 aromatic carbocycles. The first kappa shape index (κ1) is 24.9. The minimum atomic E-state index is -0.742. The molecule has 1 fully saturated rings. The smallest absolute Gasteiger partial charge is 0.255 e. The lowest BCUT2D eigenvalue weighted by Crippen LogP contribution is -2.36. The average Bonchev–Trinajstić information content (AvgIpc) is 3.21. The number of fused-ring (bicyclic) bond motifs is 1. The fraction of sp³-hybridized carbons (Fsp3) is 0.379. The quantitative estimate of drug-likeness (QED) is 0.460. The highest BCUT2D eigenvalue weighted by Crippen LogP contribution is 2.40. The van der Waals surface area contributed by atoms with E-state index in [-0.39, 0.29) is 5.91 Å². The van der Waals surface area contributed by atoms with E-state index in [1.165, 1.54) is 0 Å². The summed E-state index contributed by atoms with van der Waals surface area (Å²) in [5.74, 6) is 1.69. The van der Waals surface area contributed by atoms with E-state index in [1.807, 2.05) is 38.1 Å². The third kappa shape index (κ3) is 5.64. The van der Waals surface area contributed by atoms with Gasteiger partial charge in [-0.2, -0.15) is 4.98 Å². The van der Waals surface area contributed by atoms with Crippen LogP contribution in [0.2, 0.25) is 0 Å². The van der Waals surface area contributed by atoms with Gasteiger partial charge in [0.05, 0.1) is 19.8 Å². The molecule has 3 aromatic rings. The lowest BCUT2D eigenvalue weighted by molar-refractivity contribution is -0.0431. The second-order valence-electron chi connectivity index (χ2n) is 9.75. The fourth-order valence-electron chi connectivity index (χ4n) is 4.46. The molecule has 5 rings (SSSR count). The first-order valence-electron chi connectivity index (χ1n) is 12.7. The number of aryl methyl sites for hydroxylation is 1. The van der Waals surface area contributed by atoms with Crippen molar-refractivity contribution in [3.05, 3.63) is 59.7 Å². The van der Waals surface area contributed by atoms with Gasteiger partial charge in [0.2, 0.25) is 11.7 Å². The van der Waals surface area contributed by atoms with Gasteiger partial charge >= 0.3 is 0 Å². The van der Waals surface area contributed by atoms with Crippen LogP contribution < -0.4 is 24.4 Å². The molecular formula is C29H33N3O5. The van der Waals surface area contributed by atoms with Gasteiger partial charge in [-0.3, -0.25) is 4.79 Å². The van der Waals surface area contributed by atoms with Crippen LogP contribution in [-0.4, -0.2) is 49.6 Å². The van der Waals surface area contributed by atoms with Crippen LogP contribution in [0.1, 0.15) is 43.1 Å². The van der Waals surface area contributed by atoms with Crippen LogP contribution in [-0.2, 0) is 4.74 Å². The number of rotatable bonds is 7. The predicted molar refractivity (Wildman–Crippen MR) is 143 cm³/mol. The van der Waals surface area contributed by atoms with Gasteiger partial charge in [0.15, 0.2) is 11.5 Å². The predicted octanol–water partition coefficient (Wildman–Crippen LogP) is 5.44. The van der Waals surface area contributed by atoms with E-state index >= 15 is 0 Å². The molecule has 0 unspecified atom stereocenters. The lowest BCUT2D eigenvalue weighted by Gasteiger charge is -2.28. The van der Waals surface area contributed by atoms with Gasteiger partial charge in [-0.25, -0.2) is 0 Å². The molecule has 0 radical (unpaired) electrons. The van der Waals surface area contributed by atoms with Crippen LogP contribution in [0.4, 0.5) is 11.5 Å². The standard InChI is InChI=1S/C29H33N3O5/c1-5-12-35-27-17-21(16-26(31-27)32-10-13-34-14-11-32)23-18-22(8-6-19(23)2)30-28(33)20-7-9-24-25(15-20)37-29(3,4)36-24/h6-9,15-18H,5,10-14H2,1-4H3,(H,30,33). The van der Waals surface area contributed by atoms with Crippen molar-refractivity contribution in [3.8, 4) is 28.5 Å². The molecule has 1 saturated heterocycles. The van der Waals surface area contributed by atoms with Gasteiger partial charge in [0, 0.05) is 44.3 Å². The molecule has 0 saturated carbocycles. The average molecular weight is 504 g/mol. The number of hydrogen-bond acceptors (Lipinski definition) is 7. The zero-order chi connectivity index (χ0) is 26.0. The largest absolute Gasteiger partial charge is 0.478 e. The van der Waals surface area contributed by atoms with E-state index in [0.717, 1.165) is 42.0 Å². The maximum Gasteiger partial charge on any atom is 0.255 e. The number of benzene rings is 2. The lowest BCUT2D eigenvalue weighted by atomic mass is 10.00. The SMILES string of the molecule is CCCOc1cc(-c2cc(NC(=O)c3ccc4c(c3)OC(C)(C)O4)ccc2C)cc(N2CCOCC2)n1. The summed E-state index contributed by atoms with van der Waals surface area (Å²) in [6, 6.07) is 15.2. The Morgan fingerprint density at radius 1 is 1.05 bits per heavy atom. The van der Waals surface area contributed by atoms with E-state index in [2.05, 4.69) is 30.1 Å². The van der Waals surface area contributed by atoms with Crippen molar-refractivity contribution in [2.45, 2.75) is 39.9 Å². The zero-order valence-corrected chi connectivity index (χ0v) is 21.8. The van der Waals surface area contributed by atoms with Crippen molar-refractivity contribution < 1.29 is 23.7 Å². The molecule has 0 aliphatic carbocycles. The second kappa shape index (κ2) is 10.3. The summed E-state index contributed by atoms with van der Waals surface area (Å²) < 4.78 is 23.0. The molecule has 194 valence electrons. The van der Waals surface area contributed by atoms with Crippen LogP contribution in [0.15, 0.2) is 48.5 Å². The molecule has 8 nitrogen and oxygen atoms in total. The number of hydrogen-bond donors (Lipinski definition) is 1. The van der Waals surface area contributed by atoms with E-state index in [0.29, 0.717) is 48.5 Å². The summed E-state index contributed by atoms with van der Waals surface area (Å²) in [6.45, 7) is 11.3. The molecule has 0 bridgehead atoms. The highest BCUT2D eigenvalue weighted by Gasteiger charge is 2.32. The Hall–Kier alpha value is -3.78. The molecule has 1 amide bonds. The Morgan fingerprint density at radius 3 is 2.62 bits per heavy atom. The van der Waals surface area contributed by atoms with E-state index in [1.54, 1.807) is 18.2 Å². The van der Waals surface area contributed by atoms with Gasteiger partial charge in [0.1, 0.15) is 5.82 Å². The van der Waals surface area contributed by atoms with E-state index < -0.39 is 5.79 Å². The number of morpholine rings is 1. The van der Waals surface area contributed by atoms with Crippen LogP contribution in [0.3, 0.4) is 0 Å². The Labute approximate surface area is 217 Å². The monoisotopic (exact) mass is 503 g/mol. The van der Waals surface area contributed by atoms with Crippen LogP contribution >= 0.6 is 0 Å². The molecule has 2 aliphatic rings. The van der Waals surface area contributed by atoms with Crippen molar-refractivity contribution in [1.29, 1.82) is 0 Å². The number of ether oxygens (including phenoxy) is 4. The highest BCUT2D eigenvalue weighted by atomic mass is 16.7. The number of nitrogens with zero attached hydrogens (tertiary/aromatic N) is 2. The molecule has 1 aromatic heterocycles. The van der Waals surface area contributed by atoms with Gasteiger partial charge < -0.3 is 29.2 Å². The number of pyridine rings is 1.